The number of hydrogen-bond donors (Lipinski definition) is 1. The minimum absolute atomic E-state index is 0.207. The Kier molecular flexibility index (Phi) is 4.47. The summed E-state index contributed by atoms with van der Waals surface area (Å²) in [6.07, 6.45) is 3.71. The molecule has 0 fully saturated rings. The third-order valence-corrected chi connectivity index (χ3v) is 3.78. The molecule has 3 rings (SSSR count). The predicted octanol–water partition coefficient (Wildman–Crippen LogP) is 2.29. The molecule has 0 aliphatic carbocycles. The third-order valence-electron chi connectivity index (χ3n) is 3.78. The number of benzene rings is 1. The highest BCUT2D eigenvalue weighted by molar-refractivity contribution is 5.34. The van der Waals surface area contributed by atoms with Crippen molar-refractivity contribution in [3.05, 3.63) is 54.1 Å². The van der Waals surface area contributed by atoms with E-state index in [1.54, 1.807) is 6.20 Å². The molecule has 23 heavy (non-hydrogen) atoms. The molecule has 7 heteroatoms. The van der Waals surface area contributed by atoms with Gasteiger partial charge in [-0.25, -0.2) is 9.36 Å². The first-order valence-corrected chi connectivity index (χ1v) is 7.75. The molecule has 120 valence electrons. The van der Waals surface area contributed by atoms with Crippen molar-refractivity contribution >= 4 is 0 Å². The van der Waals surface area contributed by atoms with Crippen molar-refractivity contribution in [2.75, 3.05) is 0 Å². The zero-order valence-electron chi connectivity index (χ0n) is 13.6. The van der Waals surface area contributed by atoms with Crippen molar-refractivity contribution in [2.45, 2.75) is 39.4 Å². The molecular formula is C16H21N7. The van der Waals surface area contributed by atoms with E-state index in [4.69, 9.17) is 0 Å². The molecule has 7 nitrogen and oxygen atoms in total. The summed E-state index contributed by atoms with van der Waals surface area (Å²) in [7, 11) is 0. The van der Waals surface area contributed by atoms with Crippen LogP contribution in [-0.4, -0.2) is 30.0 Å². The molecule has 0 saturated heterocycles. The molecule has 0 bridgehead atoms. The van der Waals surface area contributed by atoms with Gasteiger partial charge < -0.3 is 5.32 Å². The Bertz CT molecular complexity index is 728. The lowest BCUT2D eigenvalue weighted by Gasteiger charge is -2.15. The quantitative estimate of drug-likeness (QED) is 0.756. The van der Waals surface area contributed by atoms with Crippen LogP contribution in [0.15, 0.2) is 42.7 Å². The molecule has 1 atom stereocenters. The average molecular weight is 311 g/mol. The van der Waals surface area contributed by atoms with Crippen LogP contribution >= 0.6 is 0 Å². The average Bonchev–Trinajstić information content (AvgIpc) is 3.24. The molecule has 0 radical (unpaired) electrons. The zero-order valence-corrected chi connectivity index (χ0v) is 13.6. The molecule has 2 heterocycles. The first-order valence-electron chi connectivity index (χ1n) is 7.75. The summed E-state index contributed by atoms with van der Waals surface area (Å²) in [4.78, 5) is 0. The Balaban J connectivity index is 1.64. The van der Waals surface area contributed by atoms with Crippen LogP contribution in [-0.2, 0) is 6.54 Å². The highest BCUT2D eigenvalue weighted by Crippen LogP contribution is 2.16. The van der Waals surface area contributed by atoms with Gasteiger partial charge in [-0.05, 0) is 55.0 Å². The van der Waals surface area contributed by atoms with Crippen LogP contribution in [0, 0.1) is 0 Å². The van der Waals surface area contributed by atoms with Gasteiger partial charge in [-0.2, -0.15) is 5.10 Å². The largest absolute Gasteiger partial charge is 0.303 e. The highest BCUT2D eigenvalue weighted by Gasteiger charge is 2.11. The molecule has 3 aromatic rings. The Hall–Kier alpha value is -2.54. The fourth-order valence-corrected chi connectivity index (χ4v) is 2.43. The van der Waals surface area contributed by atoms with E-state index in [1.165, 1.54) is 5.56 Å². The highest BCUT2D eigenvalue weighted by atomic mass is 15.5. The van der Waals surface area contributed by atoms with E-state index in [-0.39, 0.29) is 12.1 Å². The second-order valence-corrected chi connectivity index (χ2v) is 5.78. The van der Waals surface area contributed by atoms with Crippen molar-refractivity contribution in [2.24, 2.45) is 0 Å². The van der Waals surface area contributed by atoms with Crippen molar-refractivity contribution in [3.63, 3.8) is 0 Å². The Labute approximate surface area is 135 Å². The molecule has 0 amide bonds. The fourth-order valence-electron chi connectivity index (χ4n) is 2.43. The summed E-state index contributed by atoms with van der Waals surface area (Å²) in [6, 6.07) is 10.7. The first-order chi connectivity index (χ1) is 11.1. The molecule has 0 unspecified atom stereocenters. The lowest BCUT2D eigenvalue weighted by atomic mass is 10.1. The maximum absolute atomic E-state index is 4.23. The number of hydrogen-bond acceptors (Lipinski definition) is 5. The molecule has 0 aliphatic heterocycles. The molecule has 1 aromatic carbocycles. The smallest absolute Gasteiger partial charge is 0.165 e. The van der Waals surface area contributed by atoms with Crippen LogP contribution < -0.4 is 5.32 Å². The van der Waals surface area contributed by atoms with Gasteiger partial charge in [-0.1, -0.05) is 12.1 Å². The van der Waals surface area contributed by atoms with Crippen molar-refractivity contribution in [1.29, 1.82) is 0 Å². The summed E-state index contributed by atoms with van der Waals surface area (Å²) in [5.41, 5.74) is 2.26. The summed E-state index contributed by atoms with van der Waals surface area (Å²) < 4.78 is 3.68. The minimum atomic E-state index is 0.207. The standard InChI is InChI=1S/C16H21N7/c1-12(2)23-16(19-20-21-23)11-17-13(3)14-5-7-15(8-6-14)22-10-4-9-18-22/h4-10,12-13,17H,11H2,1-3H3/t13-/m0/s1. The number of tetrazole rings is 1. The van der Waals surface area contributed by atoms with E-state index < -0.39 is 0 Å². The molecule has 0 saturated carbocycles. The van der Waals surface area contributed by atoms with Gasteiger partial charge in [0.05, 0.1) is 18.3 Å². The predicted molar refractivity (Wildman–Crippen MR) is 87.0 cm³/mol. The topological polar surface area (TPSA) is 73.5 Å². The second kappa shape index (κ2) is 6.70. The molecule has 2 aromatic heterocycles. The van der Waals surface area contributed by atoms with Gasteiger partial charge in [0.25, 0.3) is 0 Å². The maximum Gasteiger partial charge on any atom is 0.165 e. The Morgan fingerprint density at radius 1 is 1.13 bits per heavy atom. The molecule has 1 N–H and O–H groups in total. The van der Waals surface area contributed by atoms with E-state index >= 15 is 0 Å². The lowest BCUT2D eigenvalue weighted by molar-refractivity contribution is 0.468. The number of aromatic nitrogens is 6. The van der Waals surface area contributed by atoms with Crippen molar-refractivity contribution < 1.29 is 0 Å². The van der Waals surface area contributed by atoms with Crippen LogP contribution in [0.25, 0.3) is 5.69 Å². The maximum atomic E-state index is 4.23. The van der Waals surface area contributed by atoms with Gasteiger partial charge in [-0.15, -0.1) is 5.10 Å². The number of nitrogens with zero attached hydrogens (tertiary/aromatic N) is 6. The summed E-state index contributed by atoms with van der Waals surface area (Å²) in [5, 5.41) is 19.5. The third kappa shape index (κ3) is 3.45. The van der Waals surface area contributed by atoms with Gasteiger partial charge in [0.1, 0.15) is 0 Å². The Morgan fingerprint density at radius 3 is 2.57 bits per heavy atom. The van der Waals surface area contributed by atoms with Crippen LogP contribution in [0.2, 0.25) is 0 Å². The summed E-state index contributed by atoms with van der Waals surface area (Å²) in [6.45, 7) is 6.90. The van der Waals surface area contributed by atoms with Gasteiger partial charge in [0.2, 0.25) is 0 Å². The van der Waals surface area contributed by atoms with Crippen LogP contribution in [0.1, 0.15) is 44.2 Å². The van der Waals surface area contributed by atoms with Crippen LogP contribution in [0.3, 0.4) is 0 Å². The lowest BCUT2D eigenvalue weighted by Crippen LogP contribution is -2.21. The van der Waals surface area contributed by atoms with Gasteiger partial charge in [0, 0.05) is 18.4 Å². The Morgan fingerprint density at radius 2 is 1.91 bits per heavy atom. The van der Waals surface area contributed by atoms with Crippen molar-refractivity contribution in [3.8, 4) is 5.69 Å². The van der Waals surface area contributed by atoms with E-state index in [1.807, 2.05) is 21.6 Å². The van der Waals surface area contributed by atoms with E-state index in [0.717, 1.165) is 11.5 Å². The molecule has 0 spiro atoms. The van der Waals surface area contributed by atoms with Gasteiger partial charge >= 0.3 is 0 Å². The number of rotatable bonds is 6. The van der Waals surface area contributed by atoms with Crippen LogP contribution in [0.5, 0.6) is 0 Å². The SMILES string of the molecule is CC(C)n1nnnc1CN[C@@H](C)c1ccc(-n2cccn2)cc1. The summed E-state index contributed by atoms with van der Waals surface area (Å²) in [5.74, 6) is 0.847. The fraction of sp³-hybridized carbons (Fsp3) is 0.375. The van der Waals surface area contributed by atoms with Crippen molar-refractivity contribution in [1.82, 2.24) is 35.3 Å². The summed E-state index contributed by atoms with van der Waals surface area (Å²) >= 11 is 0. The first kappa shape index (κ1) is 15.4. The normalized spacial score (nSPS) is 12.7. The molecular weight excluding hydrogens is 290 g/mol. The van der Waals surface area contributed by atoms with E-state index in [2.05, 4.69) is 71.0 Å². The molecule has 0 aliphatic rings. The second-order valence-electron chi connectivity index (χ2n) is 5.78. The van der Waals surface area contributed by atoms with Gasteiger partial charge in [-0.3, -0.25) is 0 Å². The monoisotopic (exact) mass is 311 g/mol. The van der Waals surface area contributed by atoms with Crippen LogP contribution in [0.4, 0.5) is 0 Å². The van der Waals surface area contributed by atoms with E-state index in [0.29, 0.717) is 6.54 Å². The number of nitrogens with one attached hydrogen (secondary N) is 1. The minimum Gasteiger partial charge on any atom is -0.303 e. The van der Waals surface area contributed by atoms with Gasteiger partial charge in [0.15, 0.2) is 5.82 Å². The zero-order chi connectivity index (χ0) is 16.2. The van der Waals surface area contributed by atoms with E-state index in [9.17, 15) is 0 Å².